The van der Waals surface area contributed by atoms with Gasteiger partial charge < -0.3 is 14.4 Å². The van der Waals surface area contributed by atoms with Crippen molar-refractivity contribution >= 4 is 11.6 Å². The van der Waals surface area contributed by atoms with E-state index in [1.54, 1.807) is 14.2 Å². The van der Waals surface area contributed by atoms with Crippen LogP contribution >= 0.6 is 11.6 Å². The number of rotatable bonds is 6. The van der Waals surface area contributed by atoms with E-state index in [0.717, 1.165) is 36.9 Å². The molecule has 0 radical (unpaired) electrons. The van der Waals surface area contributed by atoms with Crippen molar-refractivity contribution in [3.8, 4) is 11.5 Å². The first kappa shape index (κ1) is 15.5. The maximum atomic E-state index is 5.98. The standard InChI is InChI=1S/C16H24ClNO2/c1-19-15-6-5-13(10-16(15)20-2)7-9-18-8-3-4-14(11-17)12-18/h5-6,10,14H,3-4,7-9,11-12H2,1-2H3/t14-/m1/s1. The second kappa shape index (κ2) is 7.75. The van der Waals surface area contributed by atoms with Crippen LogP contribution in [0, 0.1) is 5.92 Å². The minimum absolute atomic E-state index is 0.663. The van der Waals surface area contributed by atoms with Gasteiger partial charge in [-0.05, 0) is 49.4 Å². The summed E-state index contributed by atoms with van der Waals surface area (Å²) in [6, 6.07) is 6.16. The molecule has 3 nitrogen and oxygen atoms in total. The topological polar surface area (TPSA) is 21.7 Å². The lowest BCUT2D eigenvalue weighted by Gasteiger charge is -2.31. The molecule has 0 amide bonds. The number of halogens is 1. The van der Waals surface area contributed by atoms with Gasteiger partial charge in [-0.3, -0.25) is 0 Å². The summed E-state index contributed by atoms with van der Waals surface area (Å²) in [4.78, 5) is 2.52. The Morgan fingerprint density at radius 2 is 2.05 bits per heavy atom. The van der Waals surface area contributed by atoms with Crippen LogP contribution in [-0.2, 0) is 6.42 Å². The van der Waals surface area contributed by atoms with Crippen molar-refractivity contribution in [2.45, 2.75) is 19.3 Å². The molecular weight excluding hydrogens is 274 g/mol. The lowest BCUT2D eigenvalue weighted by Crippen LogP contribution is -2.37. The highest BCUT2D eigenvalue weighted by atomic mass is 35.5. The monoisotopic (exact) mass is 297 g/mol. The molecule has 0 aromatic heterocycles. The van der Waals surface area contributed by atoms with E-state index in [1.165, 1.54) is 24.9 Å². The predicted molar refractivity (Wildman–Crippen MR) is 83.1 cm³/mol. The number of ether oxygens (including phenoxy) is 2. The largest absolute Gasteiger partial charge is 0.493 e. The fourth-order valence-corrected chi connectivity index (χ4v) is 3.06. The van der Waals surface area contributed by atoms with E-state index in [1.807, 2.05) is 6.07 Å². The average Bonchev–Trinajstić information content (AvgIpc) is 2.52. The minimum Gasteiger partial charge on any atom is -0.493 e. The molecular formula is C16H24ClNO2. The van der Waals surface area contributed by atoms with Crippen molar-refractivity contribution in [1.82, 2.24) is 4.90 Å². The molecule has 1 aliphatic heterocycles. The molecule has 4 heteroatoms. The fourth-order valence-electron chi connectivity index (χ4n) is 2.80. The van der Waals surface area contributed by atoms with E-state index >= 15 is 0 Å². The summed E-state index contributed by atoms with van der Waals surface area (Å²) < 4.78 is 10.6. The number of alkyl halides is 1. The number of benzene rings is 1. The summed E-state index contributed by atoms with van der Waals surface area (Å²) in [6.07, 6.45) is 3.58. The molecule has 0 aliphatic carbocycles. The second-order valence-corrected chi connectivity index (χ2v) is 5.71. The van der Waals surface area contributed by atoms with Gasteiger partial charge in [0.1, 0.15) is 0 Å². The number of nitrogens with zero attached hydrogens (tertiary/aromatic N) is 1. The summed E-state index contributed by atoms with van der Waals surface area (Å²) in [5.74, 6) is 3.04. The Hall–Kier alpha value is -0.930. The van der Waals surface area contributed by atoms with Gasteiger partial charge in [0.05, 0.1) is 14.2 Å². The van der Waals surface area contributed by atoms with Crippen LogP contribution in [0.1, 0.15) is 18.4 Å². The van der Waals surface area contributed by atoms with Crippen molar-refractivity contribution in [3.05, 3.63) is 23.8 Å². The molecule has 2 rings (SSSR count). The first-order chi connectivity index (χ1) is 9.76. The van der Waals surface area contributed by atoms with Crippen LogP contribution in [0.3, 0.4) is 0 Å². The maximum Gasteiger partial charge on any atom is 0.160 e. The van der Waals surface area contributed by atoms with Gasteiger partial charge in [0.15, 0.2) is 11.5 Å². The molecule has 1 aliphatic rings. The van der Waals surface area contributed by atoms with Crippen molar-refractivity contribution in [3.63, 3.8) is 0 Å². The van der Waals surface area contributed by atoms with Gasteiger partial charge >= 0.3 is 0 Å². The van der Waals surface area contributed by atoms with Gasteiger partial charge in [0, 0.05) is 19.0 Å². The molecule has 0 bridgehead atoms. The smallest absolute Gasteiger partial charge is 0.160 e. The molecule has 20 heavy (non-hydrogen) atoms. The van der Waals surface area contributed by atoms with Gasteiger partial charge in [-0.25, -0.2) is 0 Å². The number of hydrogen-bond donors (Lipinski definition) is 0. The van der Waals surface area contributed by atoms with Crippen LogP contribution < -0.4 is 9.47 Å². The van der Waals surface area contributed by atoms with E-state index < -0.39 is 0 Å². The normalized spacial score (nSPS) is 19.9. The highest BCUT2D eigenvalue weighted by molar-refractivity contribution is 6.18. The predicted octanol–water partition coefficient (Wildman–Crippen LogP) is 3.20. The van der Waals surface area contributed by atoms with Crippen molar-refractivity contribution in [2.75, 3.05) is 39.7 Å². The second-order valence-electron chi connectivity index (χ2n) is 5.40. The highest BCUT2D eigenvalue weighted by Gasteiger charge is 2.18. The molecule has 112 valence electrons. The van der Waals surface area contributed by atoms with Crippen molar-refractivity contribution in [1.29, 1.82) is 0 Å². The van der Waals surface area contributed by atoms with Crippen LogP contribution in [0.2, 0.25) is 0 Å². The first-order valence-corrected chi connectivity index (χ1v) is 7.79. The summed E-state index contributed by atoms with van der Waals surface area (Å²) in [7, 11) is 3.34. The third kappa shape index (κ3) is 4.03. The minimum atomic E-state index is 0.663. The first-order valence-electron chi connectivity index (χ1n) is 7.26. The van der Waals surface area contributed by atoms with E-state index in [4.69, 9.17) is 21.1 Å². The summed E-state index contributed by atoms with van der Waals surface area (Å²) in [5.41, 5.74) is 1.29. The zero-order valence-electron chi connectivity index (χ0n) is 12.4. The molecule has 1 fully saturated rings. The fraction of sp³-hybridized carbons (Fsp3) is 0.625. The number of piperidine rings is 1. The van der Waals surface area contributed by atoms with E-state index in [0.29, 0.717) is 5.92 Å². The van der Waals surface area contributed by atoms with Gasteiger partial charge in [0.2, 0.25) is 0 Å². The summed E-state index contributed by atoms with van der Waals surface area (Å²) in [6.45, 7) is 3.42. The quantitative estimate of drug-likeness (QED) is 0.753. The Labute approximate surface area is 126 Å². The van der Waals surface area contributed by atoms with E-state index in [-0.39, 0.29) is 0 Å². The van der Waals surface area contributed by atoms with Crippen molar-refractivity contribution < 1.29 is 9.47 Å². The lowest BCUT2D eigenvalue weighted by atomic mass is 9.99. The summed E-state index contributed by atoms with van der Waals surface area (Å²) >= 11 is 5.98. The van der Waals surface area contributed by atoms with E-state index in [2.05, 4.69) is 17.0 Å². The zero-order valence-corrected chi connectivity index (χ0v) is 13.2. The molecule has 0 N–H and O–H groups in total. The van der Waals surface area contributed by atoms with Crippen LogP contribution in [-0.4, -0.2) is 44.6 Å². The molecule has 0 spiro atoms. The Bertz CT molecular complexity index is 425. The molecule has 0 unspecified atom stereocenters. The highest BCUT2D eigenvalue weighted by Crippen LogP contribution is 2.28. The van der Waals surface area contributed by atoms with Crippen LogP contribution in [0.15, 0.2) is 18.2 Å². The third-order valence-corrected chi connectivity index (χ3v) is 4.42. The molecule has 1 saturated heterocycles. The van der Waals surface area contributed by atoms with Gasteiger partial charge in [0.25, 0.3) is 0 Å². The SMILES string of the molecule is COc1ccc(CCN2CCC[C@H](CCl)C2)cc1OC. The van der Waals surface area contributed by atoms with Crippen LogP contribution in [0.25, 0.3) is 0 Å². The Kier molecular flexibility index (Phi) is 5.99. The van der Waals surface area contributed by atoms with Crippen LogP contribution in [0.5, 0.6) is 11.5 Å². The average molecular weight is 298 g/mol. The van der Waals surface area contributed by atoms with Gasteiger partial charge in [-0.2, -0.15) is 0 Å². The Morgan fingerprint density at radius 1 is 1.25 bits per heavy atom. The van der Waals surface area contributed by atoms with Gasteiger partial charge in [-0.1, -0.05) is 6.07 Å². The maximum absolute atomic E-state index is 5.98. The van der Waals surface area contributed by atoms with E-state index in [9.17, 15) is 0 Å². The number of hydrogen-bond acceptors (Lipinski definition) is 3. The zero-order chi connectivity index (χ0) is 14.4. The van der Waals surface area contributed by atoms with Gasteiger partial charge in [-0.15, -0.1) is 11.6 Å². The molecule has 0 saturated carbocycles. The van der Waals surface area contributed by atoms with Crippen molar-refractivity contribution in [2.24, 2.45) is 5.92 Å². The third-order valence-electron chi connectivity index (χ3n) is 3.99. The number of likely N-dealkylation sites (tertiary alicyclic amines) is 1. The molecule has 1 aromatic carbocycles. The number of methoxy groups -OCH3 is 2. The Morgan fingerprint density at radius 3 is 2.75 bits per heavy atom. The molecule has 1 heterocycles. The van der Waals surface area contributed by atoms with Crippen LogP contribution in [0.4, 0.5) is 0 Å². The molecule has 1 atom stereocenters. The lowest BCUT2D eigenvalue weighted by molar-refractivity contribution is 0.187. The Balaban J connectivity index is 1.90. The molecule has 1 aromatic rings. The summed E-state index contributed by atoms with van der Waals surface area (Å²) in [5, 5.41) is 0.